The summed E-state index contributed by atoms with van der Waals surface area (Å²) in [5, 5.41) is 0. The van der Waals surface area contributed by atoms with Crippen LogP contribution in [0.25, 0.3) is 0 Å². The Hall–Kier alpha value is -0.350. The van der Waals surface area contributed by atoms with Crippen molar-refractivity contribution in [1.29, 1.82) is 0 Å². The summed E-state index contributed by atoms with van der Waals surface area (Å²) in [4.78, 5) is 0. The van der Waals surface area contributed by atoms with Gasteiger partial charge in [0.15, 0.2) is 0 Å². The molecule has 19 heavy (non-hydrogen) atoms. The highest BCUT2D eigenvalue weighted by molar-refractivity contribution is 7.75. The Balaban J connectivity index is 3.29. The first-order valence-corrected chi connectivity index (χ1v) is 6.12. The van der Waals surface area contributed by atoms with E-state index in [1.165, 1.54) is 20.8 Å². The first-order chi connectivity index (χ1) is 8.21. The normalized spacial score (nSPS) is 29.3. The predicted octanol–water partition coefficient (Wildman–Crippen LogP) is 3.28. The Labute approximate surface area is 108 Å². The van der Waals surface area contributed by atoms with Gasteiger partial charge in [0.05, 0.1) is 6.10 Å². The van der Waals surface area contributed by atoms with Gasteiger partial charge in [0.25, 0.3) is 5.60 Å². The van der Waals surface area contributed by atoms with Crippen molar-refractivity contribution in [3.8, 4) is 0 Å². The van der Waals surface area contributed by atoms with Gasteiger partial charge in [-0.15, -0.1) is 0 Å². The maximum Gasteiger partial charge on any atom is 0.428 e. The van der Waals surface area contributed by atoms with Crippen LogP contribution in [0.2, 0.25) is 0 Å². The van der Waals surface area contributed by atoms with Gasteiger partial charge in [-0.05, 0) is 5.41 Å². The standard InChI is InChI=1S/C9H12F6O3S/c1-6(2,3)5-4-7(8(10,11)12,9(13,14)15)18-19(16)17-5/h5H,4H2,1-3H3/t5-,19+/m1/s1. The summed E-state index contributed by atoms with van der Waals surface area (Å²) in [7, 11) is 0. The fourth-order valence-corrected chi connectivity index (χ4v) is 2.57. The zero-order chi connectivity index (χ0) is 15.3. The Morgan fingerprint density at radius 1 is 1.05 bits per heavy atom. The van der Waals surface area contributed by atoms with Gasteiger partial charge in [-0.25, -0.2) is 4.18 Å². The molecule has 0 amide bonds. The highest BCUT2D eigenvalue weighted by Gasteiger charge is 2.76. The summed E-state index contributed by atoms with van der Waals surface area (Å²) >= 11 is -3.12. The number of hydrogen-bond acceptors (Lipinski definition) is 3. The molecule has 1 rings (SSSR count). The van der Waals surface area contributed by atoms with Gasteiger partial charge in [-0.3, -0.25) is 4.18 Å². The lowest BCUT2D eigenvalue weighted by Crippen LogP contribution is -2.64. The Morgan fingerprint density at radius 3 is 1.79 bits per heavy atom. The molecule has 0 bridgehead atoms. The van der Waals surface area contributed by atoms with E-state index in [9.17, 15) is 30.6 Å². The minimum Gasteiger partial charge on any atom is -0.264 e. The molecule has 0 saturated carbocycles. The van der Waals surface area contributed by atoms with Crippen molar-refractivity contribution in [3.05, 3.63) is 0 Å². The molecule has 2 atom stereocenters. The summed E-state index contributed by atoms with van der Waals surface area (Å²) in [5.41, 5.74) is -5.53. The van der Waals surface area contributed by atoms with E-state index in [0.717, 1.165) is 0 Å². The minimum atomic E-state index is -5.74. The third kappa shape index (κ3) is 3.05. The van der Waals surface area contributed by atoms with Crippen LogP contribution in [0.15, 0.2) is 0 Å². The lowest BCUT2D eigenvalue weighted by Gasteiger charge is -2.44. The van der Waals surface area contributed by atoms with Gasteiger partial charge >= 0.3 is 23.7 Å². The van der Waals surface area contributed by atoms with E-state index in [2.05, 4.69) is 8.37 Å². The average Bonchev–Trinajstić information content (AvgIpc) is 2.11. The molecule has 0 aromatic carbocycles. The average molecular weight is 314 g/mol. The third-order valence-electron chi connectivity index (χ3n) is 2.76. The van der Waals surface area contributed by atoms with Crippen molar-refractivity contribution in [2.75, 3.05) is 0 Å². The number of hydrogen-bond donors (Lipinski definition) is 0. The van der Waals surface area contributed by atoms with Gasteiger partial charge in [0.1, 0.15) is 0 Å². The number of rotatable bonds is 0. The highest BCUT2D eigenvalue weighted by atomic mass is 32.2. The van der Waals surface area contributed by atoms with Gasteiger partial charge in [-0.1, -0.05) is 20.8 Å². The van der Waals surface area contributed by atoms with Crippen molar-refractivity contribution in [2.24, 2.45) is 5.41 Å². The van der Waals surface area contributed by atoms with Crippen molar-refractivity contribution in [3.63, 3.8) is 0 Å². The molecule has 0 radical (unpaired) electrons. The van der Waals surface area contributed by atoms with E-state index in [4.69, 9.17) is 0 Å². The molecule has 1 heterocycles. The smallest absolute Gasteiger partial charge is 0.264 e. The molecule has 1 aliphatic rings. The molecule has 1 fully saturated rings. The first-order valence-electron chi connectivity index (χ1n) is 5.12. The van der Waals surface area contributed by atoms with E-state index in [0.29, 0.717) is 0 Å². The van der Waals surface area contributed by atoms with Crippen LogP contribution in [0.1, 0.15) is 27.2 Å². The molecule has 0 N–H and O–H groups in total. The second-order valence-corrected chi connectivity index (χ2v) is 6.03. The summed E-state index contributed by atoms with van der Waals surface area (Å²) in [5.74, 6) is 0. The van der Waals surface area contributed by atoms with Crippen LogP contribution in [-0.4, -0.2) is 28.3 Å². The molecule has 1 aliphatic heterocycles. The van der Waals surface area contributed by atoms with E-state index in [1.807, 2.05) is 0 Å². The van der Waals surface area contributed by atoms with E-state index < -0.39 is 47.3 Å². The van der Waals surface area contributed by atoms with Crippen molar-refractivity contribution in [1.82, 2.24) is 0 Å². The second-order valence-electron chi connectivity index (χ2n) is 5.27. The second kappa shape index (κ2) is 4.59. The van der Waals surface area contributed by atoms with Crippen LogP contribution < -0.4 is 0 Å². The maximum absolute atomic E-state index is 12.8. The largest absolute Gasteiger partial charge is 0.428 e. The van der Waals surface area contributed by atoms with Gasteiger partial charge < -0.3 is 0 Å². The number of halogens is 6. The minimum absolute atomic E-state index is 1.05. The molecular formula is C9H12F6O3S. The molecule has 0 spiro atoms. The molecular weight excluding hydrogens is 302 g/mol. The van der Waals surface area contributed by atoms with Crippen molar-refractivity contribution >= 4 is 11.4 Å². The maximum atomic E-state index is 12.8. The number of alkyl halides is 6. The molecule has 0 aromatic heterocycles. The molecule has 3 nitrogen and oxygen atoms in total. The van der Waals surface area contributed by atoms with Crippen molar-refractivity contribution < 1.29 is 38.9 Å². The van der Waals surface area contributed by atoms with Crippen molar-refractivity contribution in [2.45, 2.75) is 51.2 Å². The van der Waals surface area contributed by atoms with E-state index >= 15 is 0 Å². The lowest BCUT2D eigenvalue weighted by atomic mass is 9.81. The SMILES string of the molecule is CC(C)(C)[C@H]1CC(C(F)(F)F)(C(F)(F)F)O[S@@](=O)O1. The van der Waals surface area contributed by atoms with Crippen LogP contribution >= 0.6 is 0 Å². The molecule has 0 aromatic rings. The Bertz CT molecular complexity index is 356. The summed E-state index contributed by atoms with van der Waals surface area (Å²) in [6, 6.07) is 0. The Morgan fingerprint density at radius 2 is 1.47 bits per heavy atom. The van der Waals surface area contributed by atoms with Gasteiger partial charge in [0, 0.05) is 6.42 Å². The zero-order valence-corrected chi connectivity index (χ0v) is 11.0. The Kier molecular flexibility index (Phi) is 4.04. The van der Waals surface area contributed by atoms with Crippen LogP contribution in [0.4, 0.5) is 26.3 Å². The molecule has 1 saturated heterocycles. The fourth-order valence-electron chi connectivity index (χ4n) is 1.50. The van der Waals surface area contributed by atoms with Crippen LogP contribution in [-0.2, 0) is 19.7 Å². The molecule has 10 heteroatoms. The molecule has 0 aliphatic carbocycles. The van der Waals surface area contributed by atoms with Crippen LogP contribution in [0, 0.1) is 5.41 Å². The van der Waals surface area contributed by atoms with Crippen LogP contribution in [0.5, 0.6) is 0 Å². The lowest BCUT2D eigenvalue weighted by molar-refractivity contribution is -0.370. The fraction of sp³-hybridized carbons (Fsp3) is 1.00. The quantitative estimate of drug-likeness (QED) is 0.644. The van der Waals surface area contributed by atoms with Crippen LogP contribution in [0.3, 0.4) is 0 Å². The summed E-state index contributed by atoms with van der Waals surface area (Å²) in [6.45, 7) is 4.16. The molecule has 114 valence electrons. The molecule has 0 unspecified atom stereocenters. The zero-order valence-electron chi connectivity index (χ0n) is 10.2. The van der Waals surface area contributed by atoms with Gasteiger partial charge in [0.2, 0.25) is 0 Å². The third-order valence-corrected chi connectivity index (χ3v) is 3.57. The topological polar surface area (TPSA) is 35.5 Å². The highest BCUT2D eigenvalue weighted by Crippen LogP contribution is 2.53. The van der Waals surface area contributed by atoms with E-state index in [1.54, 1.807) is 0 Å². The first kappa shape index (κ1) is 16.7. The summed E-state index contributed by atoms with van der Waals surface area (Å²) in [6.07, 6.45) is -14.5. The monoisotopic (exact) mass is 314 g/mol. The predicted molar refractivity (Wildman–Crippen MR) is 53.0 cm³/mol. The van der Waals surface area contributed by atoms with Gasteiger partial charge in [-0.2, -0.15) is 30.6 Å². The summed E-state index contributed by atoms with van der Waals surface area (Å²) < 4.78 is 96.0. The van der Waals surface area contributed by atoms with E-state index in [-0.39, 0.29) is 0 Å².